The van der Waals surface area contributed by atoms with Crippen LogP contribution in [0, 0.1) is 5.92 Å². The summed E-state index contributed by atoms with van der Waals surface area (Å²) in [6, 6.07) is 7.34. The molecule has 1 aliphatic heterocycles. The lowest BCUT2D eigenvalue weighted by atomic mass is 10.2. The monoisotopic (exact) mass is 215 g/mol. The minimum atomic E-state index is 0.322. The third-order valence-electron chi connectivity index (χ3n) is 2.53. The molecule has 0 fully saturated rings. The Morgan fingerprint density at radius 2 is 1.88 bits per heavy atom. The number of nitrogen functional groups attached to an aromatic ring is 1. The standard InChI is InChI=1S/C12H14N4/c1-9-7-8-16(2)12(9)15-14-11-5-3-10(13)4-6-11/h3-9,13H,1-2H3/p+1. The van der Waals surface area contributed by atoms with Crippen LogP contribution in [0.25, 0.3) is 0 Å². The second-order valence-electron chi connectivity index (χ2n) is 3.89. The van der Waals surface area contributed by atoms with Crippen molar-refractivity contribution in [3.63, 3.8) is 0 Å². The van der Waals surface area contributed by atoms with E-state index in [4.69, 9.17) is 5.73 Å². The van der Waals surface area contributed by atoms with Crippen molar-refractivity contribution in [3.05, 3.63) is 36.5 Å². The molecule has 1 aromatic carbocycles. The van der Waals surface area contributed by atoms with E-state index in [9.17, 15) is 0 Å². The molecule has 0 aliphatic carbocycles. The van der Waals surface area contributed by atoms with Crippen molar-refractivity contribution in [2.24, 2.45) is 16.1 Å². The van der Waals surface area contributed by atoms with Gasteiger partial charge in [-0.1, -0.05) is 0 Å². The molecule has 0 saturated heterocycles. The molecular formula is C12H15N4+. The fourth-order valence-corrected chi connectivity index (χ4v) is 1.55. The quantitative estimate of drug-likeness (QED) is 0.437. The molecule has 0 aromatic heterocycles. The average molecular weight is 215 g/mol. The van der Waals surface area contributed by atoms with E-state index in [1.54, 1.807) is 0 Å². The number of azo groups is 1. The third-order valence-corrected chi connectivity index (χ3v) is 2.53. The molecule has 2 N–H and O–H groups in total. The van der Waals surface area contributed by atoms with Gasteiger partial charge in [0.15, 0.2) is 0 Å². The van der Waals surface area contributed by atoms with Crippen LogP contribution in [-0.4, -0.2) is 17.5 Å². The molecule has 0 bridgehead atoms. The maximum Gasteiger partial charge on any atom is 0.332 e. The van der Waals surface area contributed by atoms with Crippen LogP contribution in [0.2, 0.25) is 0 Å². The lowest BCUT2D eigenvalue weighted by molar-refractivity contribution is -0.420. The molecule has 1 unspecified atom stereocenters. The Morgan fingerprint density at radius 1 is 1.19 bits per heavy atom. The summed E-state index contributed by atoms with van der Waals surface area (Å²) in [5, 5.41) is 8.43. The van der Waals surface area contributed by atoms with Crippen molar-refractivity contribution >= 4 is 17.2 Å². The lowest BCUT2D eigenvalue weighted by Gasteiger charge is -1.93. The van der Waals surface area contributed by atoms with Gasteiger partial charge in [-0.15, -0.1) is 0 Å². The van der Waals surface area contributed by atoms with Crippen molar-refractivity contribution in [2.45, 2.75) is 6.92 Å². The number of anilines is 1. The Bertz CT molecular complexity index is 468. The van der Waals surface area contributed by atoms with Crippen LogP contribution in [0.3, 0.4) is 0 Å². The normalized spacial score (nSPS) is 20.0. The number of amidine groups is 1. The van der Waals surface area contributed by atoms with E-state index >= 15 is 0 Å². The molecule has 4 heteroatoms. The molecule has 2 rings (SSSR count). The van der Waals surface area contributed by atoms with Gasteiger partial charge in [-0.2, -0.15) is 0 Å². The van der Waals surface area contributed by atoms with E-state index in [1.807, 2.05) is 42.1 Å². The SMILES string of the molecule is CC1C=C[N+](C)=C1N=Nc1ccc(N)cc1. The zero-order valence-corrected chi connectivity index (χ0v) is 9.46. The summed E-state index contributed by atoms with van der Waals surface area (Å²) in [5.74, 6) is 1.28. The zero-order chi connectivity index (χ0) is 11.5. The van der Waals surface area contributed by atoms with E-state index in [0.717, 1.165) is 17.2 Å². The van der Waals surface area contributed by atoms with E-state index < -0.39 is 0 Å². The van der Waals surface area contributed by atoms with E-state index in [1.165, 1.54) is 0 Å². The van der Waals surface area contributed by atoms with Crippen molar-refractivity contribution in [1.82, 2.24) is 0 Å². The van der Waals surface area contributed by atoms with Crippen LogP contribution in [0.5, 0.6) is 0 Å². The highest BCUT2D eigenvalue weighted by molar-refractivity contribution is 5.83. The first-order valence-corrected chi connectivity index (χ1v) is 5.22. The van der Waals surface area contributed by atoms with Crippen molar-refractivity contribution in [1.29, 1.82) is 0 Å². The van der Waals surface area contributed by atoms with Gasteiger partial charge in [0.2, 0.25) is 0 Å². The van der Waals surface area contributed by atoms with Gasteiger partial charge in [-0.05, 0) is 42.4 Å². The summed E-state index contributed by atoms with van der Waals surface area (Å²) in [5.41, 5.74) is 7.14. The van der Waals surface area contributed by atoms with Gasteiger partial charge >= 0.3 is 5.84 Å². The van der Waals surface area contributed by atoms with Crippen molar-refractivity contribution in [3.8, 4) is 0 Å². The first-order chi connectivity index (χ1) is 7.66. The number of nitrogens with zero attached hydrogens (tertiary/aromatic N) is 3. The minimum Gasteiger partial charge on any atom is -0.399 e. The summed E-state index contributed by atoms with van der Waals surface area (Å²) in [6.07, 6.45) is 4.10. The molecule has 1 atom stereocenters. The largest absolute Gasteiger partial charge is 0.399 e. The van der Waals surface area contributed by atoms with E-state index in [0.29, 0.717) is 5.92 Å². The lowest BCUT2D eigenvalue weighted by Crippen LogP contribution is -2.10. The molecule has 1 aliphatic rings. The van der Waals surface area contributed by atoms with Crippen LogP contribution in [0.15, 0.2) is 46.8 Å². The van der Waals surface area contributed by atoms with Crippen LogP contribution in [-0.2, 0) is 0 Å². The molecule has 16 heavy (non-hydrogen) atoms. The highest BCUT2D eigenvalue weighted by Gasteiger charge is 2.22. The van der Waals surface area contributed by atoms with Crippen LogP contribution < -0.4 is 5.73 Å². The summed E-state index contributed by atoms with van der Waals surface area (Å²) >= 11 is 0. The second-order valence-corrected chi connectivity index (χ2v) is 3.89. The van der Waals surface area contributed by atoms with Crippen molar-refractivity contribution < 1.29 is 4.58 Å². The molecular weight excluding hydrogens is 200 g/mol. The predicted octanol–water partition coefficient (Wildman–Crippen LogP) is 2.56. The number of rotatable bonds is 1. The minimum absolute atomic E-state index is 0.322. The second kappa shape index (κ2) is 4.26. The Balaban J connectivity index is 2.16. The summed E-state index contributed by atoms with van der Waals surface area (Å²) in [4.78, 5) is 0. The number of nitrogens with two attached hydrogens (primary N) is 1. The van der Waals surface area contributed by atoms with Crippen molar-refractivity contribution in [2.75, 3.05) is 12.8 Å². The number of hydrogen-bond acceptors (Lipinski definition) is 3. The average Bonchev–Trinajstić information content (AvgIpc) is 2.59. The number of hydrogen-bond donors (Lipinski definition) is 1. The third kappa shape index (κ3) is 2.16. The highest BCUT2D eigenvalue weighted by Crippen LogP contribution is 2.16. The molecule has 0 radical (unpaired) electrons. The molecule has 0 spiro atoms. The van der Waals surface area contributed by atoms with Crippen LogP contribution >= 0.6 is 0 Å². The smallest absolute Gasteiger partial charge is 0.332 e. The van der Waals surface area contributed by atoms with E-state index in [-0.39, 0.29) is 0 Å². The molecule has 1 heterocycles. The summed E-state index contributed by atoms with van der Waals surface area (Å²) in [6.45, 7) is 2.09. The first-order valence-electron chi connectivity index (χ1n) is 5.22. The fraction of sp³-hybridized carbons (Fsp3) is 0.250. The predicted molar refractivity (Wildman–Crippen MR) is 64.9 cm³/mol. The zero-order valence-electron chi connectivity index (χ0n) is 9.46. The Morgan fingerprint density at radius 3 is 2.44 bits per heavy atom. The Kier molecular flexibility index (Phi) is 2.81. The molecule has 82 valence electrons. The molecule has 0 saturated carbocycles. The van der Waals surface area contributed by atoms with Gasteiger partial charge in [-0.25, -0.2) is 4.58 Å². The summed E-state index contributed by atoms with van der Waals surface area (Å²) in [7, 11) is 1.97. The van der Waals surface area contributed by atoms with Gasteiger partial charge < -0.3 is 5.73 Å². The van der Waals surface area contributed by atoms with Gasteiger partial charge in [0, 0.05) is 5.69 Å². The van der Waals surface area contributed by atoms with Gasteiger partial charge in [-0.3, -0.25) is 0 Å². The van der Waals surface area contributed by atoms with E-state index in [2.05, 4.69) is 23.2 Å². The Labute approximate surface area is 94.8 Å². The van der Waals surface area contributed by atoms with Crippen LogP contribution in [0.4, 0.5) is 11.4 Å². The van der Waals surface area contributed by atoms with Gasteiger partial charge in [0.05, 0.1) is 24.3 Å². The fourth-order valence-electron chi connectivity index (χ4n) is 1.55. The maximum absolute atomic E-state index is 5.59. The topological polar surface area (TPSA) is 53.8 Å². The van der Waals surface area contributed by atoms with Crippen LogP contribution in [0.1, 0.15) is 6.92 Å². The first kappa shape index (κ1) is 10.5. The van der Waals surface area contributed by atoms with Gasteiger partial charge in [0.25, 0.3) is 0 Å². The summed E-state index contributed by atoms with van der Waals surface area (Å²) < 4.78 is 1.98. The molecule has 0 amide bonds. The number of benzene rings is 1. The highest BCUT2D eigenvalue weighted by atomic mass is 15.2. The Hall–Kier alpha value is -1.97. The van der Waals surface area contributed by atoms with Gasteiger partial charge in [0.1, 0.15) is 5.69 Å². The molecule has 4 nitrogen and oxygen atoms in total. The molecule has 1 aromatic rings. The maximum atomic E-state index is 5.59.